The minimum absolute atomic E-state index is 0.0421. The Morgan fingerprint density at radius 3 is 2.26 bits per heavy atom. The van der Waals surface area contributed by atoms with Crippen LogP contribution in [-0.4, -0.2) is 54.0 Å². The first-order chi connectivity index (χ1) is 13.0. The maximum absolute atomic E-state index is 12.7. The molecule has 0 bridgehead atoms. The van der Waals surface area contributed by atoms with Gasteiger partial charge < -0.3 is 15.1 Å². The summed E-state index contributed by atoms with van der Waals surface area (Å²) in [5, 5.41) is 3.16. The predicted octanol–water partition coefficient (Wildman–Crippen LogP) is 3.54. The van der Waals surface area contributed by atoms with Crippen LogP contribution in [0.25, 0.3) is 0 Å². The molecular weight excluding hydrogens is 338 g/mol. The van der Waals surface area contributed by atoms with Crippen LogP contribution in [0.5, 0.6) is 0 Å². The molecule has 5 heteroatoms. The van der Waals surface area contributed by atoms with Crippen molar-refractivity contribution in [3.05, 3.63) is 35.4 Å². The highest BCUT2D eigenvalue weighted by Crippen LogP contribution is 2.18. The van der Waals surface area contributed by atoms with Crippen molar-refractivity contribution in [2.24, 2.45) is 0 Å². The van der Waals surface area contributed by atoms with Gasteiger partial charge in [0.05, 0.1) is 6.42 Å². The van der Waals surface area contributed by atoms with Crippen molar-refractivity contribution >= 4 is 11.9 Å². The van der Waals surface area contributed by atoms with Gasteiger partial charge in [-0.05, 0) is 36.3 Å². The second-order valence-corrected chi connectivity index (χ2v) is 8.23. The SMILES string of the molecule is CC(C)c1ccc(CC(=O)N2CCCN(C(=O)NC3CCCC3)CC2)cc1. The molecule has 1 aromatic rings. The van der Waals surface area contributed by atoms with Gasteiger partial charge in [0.15, 0.2) is 0 Å². The summed E-state index contributed by atoms with van der Waals surface area (Å²) in [6.07, 6.45) is 5.90. The van der Waals surface area contributed by atoms with E-state index in [1.165, 1.54) is 18.4 Å². The van der Waals surface area contributed by atoms with Gasteiger partial charge >= 0.3 is 6.03 Å². The van der Waals surface area contributed by atoms with Crippen molar-refractivity contribution in [3.63, 3.8) is 0 Å². The van der Waals surface area contributed by atoms with Gasteiger partial charge in [-0.15, -0.1) is 0 Å². The third-order valence-corrected chi connectivity index (χ3v) is 5.82. The van der Waals surface area contributed by atoms with Crippen LogP contribution in [0.4, 0.5) is 4.79 Å². The van der Waals surface area contributed by atoms with Gasteiger partial charge in [-0.2, -0.15) is 0 Å². The molecule has 1 heterocycles. The Bertz CT molecular complexity index is 635. The zero-order valence-corrected chi connectivity index (χ0v) is 16.7. The van der Waals surface area contributed by atoms with Crippen molar-refractivity contribution in [3.8, 4) is 0 Å². The lowest BCUT2D eigenvalue weighted by molar-refractivity contribution is -0.130. The molecule has 0 spiro atoms. The van der Waals surface area contributed by atoms with Crippen molar-refractivity contribution in [2.45, 2.75) is 64.3 Å². The zero-order valence-electron chi connectivity index (χ0n) is 16.7. The number of nitrogens with zero attached hydrogens (tertiary/aromatic N) is 2. The van der Waals surface area contributed by atoms with Crippen LogP contribution >= 0.6 is 0 Å². The lowest BCUT2D eigenvalue weighted by Gasteiger charge is -2.24. The third kappa shape index (κ3) is 5.47. The topological polar surface area (TPSA) is 52.7 Å². The highest BCUT2D eigenvalue weighted by atomic mass is 16.2. The molecule has 1 aliphatic carbocycles. The second kappa shape index (κ2) is 9.25. The molecule has 0 atom stereocenters. The molecule has 1 aromatic carbocycles. The van der Waals surface area contributed by atoms with Crippen LogP contribution in [0.15, 0.2) is 24.3 Å². The summed E-state index contributed by atoms with van der Waals surface area (Å²) < 4.78 is 0. The number of hydrogen-bond donors (Lipinski definition) is 1. The van der Waals surface area contributed by atoms with Gasteiger partial charge in [0.2, 0.25) is 5.91 Å². The molecular formula is C22H33N3O2. The number of carbonyl (C=O) groups excluding carboxylic acids is 2. The van der Waals surface area contributed by atoms with Crippen LogP contribution < -0.4 is 5.32 Å². The zero-order chi connectivity index (χ0) is 19.2. The maximum atomic E-state index is 12.7. The van der Waals surface area contributed by atoms with E-state index in [2.05, 4.69) is 43.4 Å². The summed E-state index contributed by atoms with van der Waals surface area (Å²) in [5.41, 5.74) is 2.36. The Morgan fingerprint density at radius 2 is 1.59 bits per heavy atom. The summed E-state index contributed by atoms with van der Waals surface area (Å²) in [7, 11) is 0. The standard InChI is InChI=1S/C22H33N3O2/c1-17(2)19-10-8-18(9-11-19)16-21(26)24-12-5-13-25(15-14-24)22(27)23-20-6-3-4-7-20/h8-11,17,20H,3-7,12-16H2,1-2H3,(H,23,27). The van der Waals surface area contributed by atoms with E-state index in [1.807, 2.05) is 9.80 Å². The Hall–Kier alpha value is -2.04. The molecule has 27 heavy (non-hydrogen) atoms. The predicted molar refractivity (Wildman–Crippen MR) is 108 cm³/mol. The van der Waals surface area contributed by atoms with Crippen LogP contribution in [-0.2, 0) is 11.2 Å². The Balaban J connectivity index is 1.49. The first kappa shape index (κ1) is 19.7. The van der Waals surface area contributed by atoms with E-state index in [-0.39, 0.29) is 11.9 Å². The monoisotopic (exact) mass is 371 g/mol. The number of amides is 3. The highest BCUT2D eigenvalue weighted by molar-refractivity contribution is 5.79. The van der Waals surface area contributed by atoms with E-state index in [0.717, 1.165) is 37.9 Å². The molecule has 0 unspecified atom stereocenters. The molecule has 2 fully saturated rings. The number of hydrogen-bond acceptors (Lipinski definition) is 2. The molecule has 5 nitrogen and oxygen atoms in total. The van der Waals surface area contributed by atoms with Crippen molar-refractivity contribution in [1.82, 2.24) is 15.1 Å². The fourth-order valence-corrected chi connectivity index (χ4v) is 4.01. The van der Waals surface area contributed by atoms with E-state index in [4.69, 9.17) is 0 Å². The number of urea groups is 1. The smallest absolute Gasteiger partial charge is 0.317 e. The molecule has 0 aromatic heterocycles. The Morgan fingerprint density at radius 1 is 0.963 bits per heavy atom. The molecule has 2 aliphatic rings. The normalized spacial score (nSPS) is 18.6. The molecule has 3 amide bonds. The number of benzene rings is 1. The van der Waals surface area contributed by atoms with E-state index in [1.54, 1.807) is 0 Å². The number of rotatable bonds is 4. The average molecular weight is 372 g/mol. The van der Waals surface area contributed by atoms with Gasteiger partial charge in [-0.1, -0.05) is 51.0 Å². The summed E-state index contributed by atoms with van der Waals surface area (Å²) in [6.45, 7) is 7.05. The van der Waals surface area contributed by atoms with Gasteiger partial charge in [-0.3, -0.25) is 4.79 Å². The Kier molecular flexibility index (Phi) is 6.75. The van der Waals surface area contributed by atoms with E-state index >= 15 is 0 Å². The van der Waals surface area contributed by atoms with Gasteiger partial charge in [0, 0.05) is 32.2 Å². The van der Waals surface area contributed by atoms with Crippen molar-refractivity contribution < 1.29 is 9.59 Å². The lowest BCUT2D eigenvalue weighted by Crippen LogP contribution is -2.45. The van der Waals surface area contributed by atoms with Crippen LogP contribution in [0.3, 0.4) is 0 Å². The van der Waals surface area contributed by atoms with Crippen molar-refractivity contribution in [1.29, 1.82) is 0 Å². The fraction of sp³-hybridized carbons (Fsp3) is 0.636. The van der Waals surface area contributed by atoms with Crippen LogP contribution in [0.1, 0.15) is 63.0 Å². The third-order valence-electron chi connectivity index (χ3n) is 5.82. The molecule has 148 valence electrons. The Labute approximate surface area is 163 Å². The van der Waals surface area contributed by atoms with Gasteiger partial charge in [-0.25, -0.2) is 4.79 Å². The first-order valence-electron chi connectivity index (χ1n) is 10.4. The van der Waals surface area contributed by atoms with Crippen molar-refractivity contribution in [2.75, 3.05) is 26.2 Å². The molecule has 1 saturated heterocycles. The van der Waals surface area contributed by atoms with E-state index in [9.17, 15) is 9.59 Å². The van der Waals surface area contributed by atoms with Crippen LogP contribution in [0.2, 0.25) is 0 Å². The lowest BCUT2D eigenvalue weighted by atomic mass is 10.0. The minimum atomic E-state index is 0.0421. The second-order valence-electron chi connectivity index (χ2n) is 8.23. The first-order valence-corrected chi connectivity index (χ1v) is 10.4. The van der Waals surface area contributed by atoms with Gasteiger partial charge in [0.1, 0.15) is 0 Å². The summed E-state index contributed by atoms with van der Waals surface area (Å²) in [4.78, 5) is 29.0. The number of carbonyl (C=O) groups is 2. The largest absolute Gasteiger partial charge is 0.341 e. The molecule has 0 radical (unpaired) electrons. The summed E-state index contributed by atoms with van der Waals surface area (Å²) in [5.74, 6) is 0.659. The minimum Gasteiger partial charge on any atom is -0.341 e. The average Bonchev–Trinajstić information content (AvgIpc) is 3.03. The van der Waals surface area contributed by atoms with Gasteiger partial charge in [0.25, 0.3) is 0 Å². The maximum Gasteiger partial charge on any atom is 0.317 e. The summed E-state index contributed by atoms with van der Waals surface area (Å²) in [6, 6.07) is 8.74. The number of nitrogens with one attached hydrogen (secondary N) is 1. The molecule has 1 aliphatic heterocycles. The molecule has 1 saturated carbocycles. The van der Waals surface area contributed by atoms with E-state index in [0.29, 0.717) is 31.5 Å². The molecule has 1 N–H and O–H groups in total. The summed E-state index contributed by atoms with van der Waals surface area (Å²) >= 11 is 0. The molecule has 3 rings (SSSR count). The van der Waals surface area contributed by atoms with Crippen LogP contribution in [0, 0.1) is 0 Å². The quantitative estimate of drug-likeness (QED) is 0.880. The van der Waals surface area contributed by atoms with E-state index < -0.39 is 0 Å². The highest BCUT2D eigenvalue weighted by Gasteiger charge is 2.24. The fourth-order valence-electron chi connectivity index (χ4n) is 4.01.